The number of benzene rings is 2. The van der Waals surface area contributed by atoms with Gasteiger partial charge >= 0.3 is 0 Å². The zero-order valence-corrected chi connectivity index (χ0v) is 21.4. The molecule has 1 aliphatic carbocycles. The van der Waals surface area contributed by atoms with Crippen LogP contribution in [0, 0.1) is 6.92 Å². The number of aryl methyl sites for hydroxylation is 1. The average molecular weight is 563 g/mol. The van der Waals surface area contributed by atoms with Gasteiger partial charge in [0, 0.05) is 20.2 Å². The van der Waals surface area contributed by atoms with Crippen molar-refractivity contribution in [2.45, 2.75) is 51.1 Å². The first-order chi connectivity index (χ1) is 14.9. The Kier molecular flexibility index (Phi) is 7.34. The molecular formula is C24H25Br2N3OS. The molecule has 0 aromatic heterocycles. The lowest BCUT2D eigenvalue weighted by Gasteiger charge is -2.20. The second kappa shape index (κ2) is 10.0. The lowest BCUT2D eigenvalue weighted by Crippen LogP contribution is -2.20. The number of nitrogens with one attached hydrogen (secondary N) is 1. The molecule has 7 heteroatoms. The molecule has 31 heavy (non-hydrogen) atoms. The number of anilines is 1. The number of hydrogen-bond donors (Lipinski definition) is 1. The number of rotatable bonds is 4. The van der Waals surface area contributed by atoms with E-state index in [0.717, 1.165) is 62.2 Å². The fraction of sp³-hybridized carbons (Fsp3) is 0.375. The van der Waals surface area contributed by atoms with E-state index in [9.17, 15) is 4.79 Å². The van der Waals surface area contributed by atoms with Gasteiger partial charge in [0.1, 0.15) is 5.04 Å². The topological polar surface area (TPSA) is 53.8 Å². The second-order valence-corrected chi connectivity index (χ2v) is 10.8. The van der Waals surface area contributed by atoms with Crippen LogP contribution in [0.15, 0.2) is 61.4 Å². The molecule has 0 unspecified atom stereocenters. The van der Waals surface area contributed by atoms with Gasteiger partial charge in [-0.25, -0.2) is 4.99 Å². The molecule has 4 nitrogen and oxygen atoms in total. The number of nitrogens with zero attached hydrogens (tertiary/aromatic N) is 2. The lowest BCUT2D eigenvalue weighted by molar-refractivity contribution is -0.113. The van der Waals surface area contributed by atoms with Crippen LogP contribution in [0.1, 0.15) is 49.7 Å². The van der Waals surface area contributed by atoms with E-state index in [4.69, 9.17) is 9.98 Å². The smallest absolute Gasteiger partial charge is 0.234 e. The summed E-state index contributed by atoms with van der Waals surface area (Å²) in [5, 5.41) is 3.88. The first kappa shape index (κ1) is 22.7. The molecule has 1 spiro atoms. The van der Waals surface area contributed by atoms with Crippen LogP contribution in [0.4, 0.5) is 5.69 Å². The molecule has 1 amide bonds. The Morgan fingerprint density at radius 1 is 1.03 bits per heavy atom. The summed E-state index contributed by atoms with van der Waals surface area (Å²) in [5.74, 6) is 0.269. The first-order valence-corrected chi connectivity index (χ1v) is 13.2. The van der Waals surface area contributed by atoms with Crippen molar-refractivity contribution in [1.82, 2.24) is 0 Å². The highest BCUT2D eigenvalue weighted by atomic mass is 79.9. The minimum absolute atomic E-state index is 0.0357. The van der Waals surface area contributed by atoms with E-state index in [1.807, 2.05) is 37.3 Å². The molecule has 162 valence electrons. The largest absolute Gasteiger partial charge is 0.325 e. The van der Waals surface area contributed by atoms with Crippen LogP contribution in [0.2, 0.25) is 0 Å². The molecule has 0 radical (unpaired) electrons. The van der Waals surface area contributed by atoms with Gasteiger partial charge in [0.2, 0.25) is 5.91 Å². The van der Waals surface area contributed by atoms with Crippen LogP contribution >= 0.6 is 43.6 Å². The fourth-order valence-corrected chi connectivity index (χ4v) is 5.38. The van der Waals surface area contributed by atoms with E-state index < -0.39 is 0 Å². The van der Waals surface area contributed by atoms with Crippen molar-refractivity contribution in [3.8, 4) is 0 Å². The number of amides is 1. The molecule has 1 aliphatic heterocycles. The molecular weight excluding hydrogens is 538 g/mol. The van der Waals surface area contributed by atoms with Crippen molar-refractivity contribution in [2.24, 2.45) is 9.98 Å². The molecule has 1 N–H and O–H groups in total. The third kappa shape index (κ3) is 5.68. The third-order valence-corrected chi connectivity index (χ3v) is 8.02. The van der Waals surface area contributed by atoms with Crippen molar-refractivity contribution in [3.05, 3.63) is 62.5 Å². The molecule has 2 aromatic rings. The van der Waals surface area contributed by atoms with Crippen molar-refractivity contribution in [3.63, 3.8) is 0 Å². The monoisotopic (exact) mass is 561 g/mol. The van der Waals surface area contributed by atoms with Gasteiger partial charge in [0.15, 0.2) is 5.66 Å². The normalized spacial score (nSPS) is 17.8. The number of carbonyl (C=O) groups is 1. The molecule has 0 saturated heterocycles. The highest BCUT2D eigenvalue weighted by molar-refractivity contribution is 9.10. The Morgan fingerprint density at radius 3 is 2.42 bits per heavy atom. The summed E-state index contributed by atoms with van der Waals surface area (Å²) in [7, 11) is 0. The van der Waals surface area contributed by atoms with Crippen molar-refractivity contribution in [1.29, 1.82) is 0 Å². The zero-order valence-electron chi connectivity index (χ0n) is 17.5. The van der Waals surface area contributed by atoms with Crippen molar-refractivity contribution >= 4 is 66.0 Å². The Morgan fingerprint density at radius 2 is 1.74 bits per heavy atom. The van der Waals surface area contributed by atoms with Gasteiger partial charge < -0.3 is 5.32 Å². The summed E-state index contributed by atoms with van der Waals surface area (Å²) in [6.45, 7) is 2.01. The van der Waals surface area contributed by atoms with Gasteiger partial charge in [-0.15, -0.1) is 0 Å². The van der Waals surface area contributed by atoms with E-state index >= 15 is 0 Å². The number of thioether (sulfide) groups is 1. The number of hydrogen-bond acceptors (Lipinski definition) is 4. The van der Waals surface area contributed by atoms with Crippen molar-refractivity contribution in [2.75, 3.05) is 11.1 Å². The van der Waals surface area contributed by atoms with Gasteiger partial charge in [-0.1, -0.05) is 68.6 Å². The quantitative estimate of drug-likeness (QED) is 0.430. The molecule has 0 bridgehead atoms. The van der Waals surface area contributed by atoms with Crippen molar-refractivity contribution < 1.29 is 4.79 Å². The van der Waals surface area contributed by atoms with Gasteiger partial charge in [-0.05, 0) is 68.5 Å². The van der Waals surface area contributed by atoms with E-state index in [2.05, 4.69) is 49.3 Å². The zero-order chi connectivity index (χ0) is 21.8. The Bertz CT molecular complexity index is 1030. The van der Waals surface area contributed by atoms with Crippen LogP contribution in [-0.2, 0) is 4.79 Å². The SMILES string of the molecule is Cc1cc(NC(=O)CSC2=NC3(CCCCCC3)N=C2c2ccc(Br)cc2)ccc1Br. The third-order valence-electron chi connectivity index (χ3n) is 5.64. The van der Waals surface area contributed by atoms with E-state index in [1.54, 1.807) is 0 Å². The Labute approximate surface area is 204 Å². The number of carbonyl (C=O) groups excluding carboxylic acids is 1. The van der Waals surface area contributed by atoms with Crippen LogP contribution < -0.4 is 5.32 Å². The first-order valence-electron chi connectivity index (χ1n) is 10.6. The van der Waals surface area contributed by atoms with Gasteiger partial charge in [-0.3, -0.25) is 9.79 Å². The van der Waals surface area contributed by atoms with Gasteiger partial charge in [0.25, 0.3) is 0 Å². The molecule has 1 heterocycles. The van der Waals surface area contributed by atoms with Crippen LogP contribution in [0.3, 0.4) is 0 Å². The van der Waals surface area contributed by atoms with Gasteiger partial charge in [-0.2, -0.15) is 0 Å². The summed E-state index contributed by atoms with van der Waals surface area (Å²) in [4.78, 5) is 22.9. The predicted octanol–water partition coefficient (Wildman–Crippen LogP) is 7.14. The molecule has 1 fully saturated rings. The minimum Gasteiger partial charge on any atom is -0.325 e. The Balaban J connectivity index is 1.51. The highest BCUT2D eigenvalue weighted by Crippen LogP contribution is 2.38. The van der Waals surface area contributed by atoms with E-state index in [0.29, 0.717) is 5.75 Å². The number of halogens is 2. The maximum Gasteiger partial charge on any atom is 0.234 e. The summed E-state index contributed by atoms with van der Waals surface area (Å²) in [6, 6.07) is 14.0. The molecule has 0 atom stereocenters. The fourth-order valence-electron chi connectivity index (χ4n) is 3.99. The van der Waals surface area contributed by atoms with Gasteiger partial charge in [0.05, 0.1) is 11.5 Å². The second-order valence-electron chi connectivity index (χ2n) is 8.08. The minimum atomic E-state index is -0.347. The van der Waals surface area contributed by atoms with Crippen LogP contribution in [-0.4, -0.2) is 28.1 Å². The van der Waals surface area contributed by atoms with E-state index in [1.165, 1.54) is 24.6 Å². The summed E-state index contributed by atoms with van der Waals surface area (Å²) >= 11 is 8.49. The molecule has 2 aliphatic rings. The molecule has 4 rings (SSSR count). The summed E-state index contributed by atoms with van der Waals surface area (Å²) < 4.78 is 2.07. The van der Waals surface area contributed by atoms with Crippen LogP contribution in [0.25, 0.3) is 0 Å². The maximum absolute atomic E-state index is 12.6. The molecule has 1 saturated carbocycles. The standard InChI is InChI=1S/C24H25Br2N3OS/c1-16-14-19(10-11-20(16)26)27-21(30)15-31-23-22(17-6-8-18(25)9-7-17)28-24(29-23)12-4-2-3-5-13-24/h6-11,14H,2-5,12-13,15H2,1H3,(H,27,30). The molecule has 2 aromatic carbocycles. The Hall–Kier alpha value is -1.44. The maximum atomic E-state index is 12.6. The van der Waals surface area contributed by atoms with Crippen LogP contribution in [0.5, 0.6) is 0 Å². The lowest BCUT2D eigenvalue weighted by atomic mass is 10.0. The number of aliphatic imine (C=N–C) groups is 2. The van der Waals surface area contributed by atoms with E-state index in [-0.39, 0.29) is 11.6 Å². The highest BCUT2D eigenvalue weighted by Gasteiger charge is 2.37. The predicted molar refractivity (Wildman–Crippen MR) is 139 cm³/mol. The average Bonchev–Trinajstić information content (AvgIpc) is 2.94. The summed E-state index contributed by atoms with van der Waals surface area (Å²) in [6.07, 6.45) is 6.78. The summed E-state index contributed by atoms with van der Waals surface area (Å²) in [5.41, 5.74) is 3.53.